The molecule has 0 saturated heterocycles. The van der Waals surface area contributed by atoms with Crippen molar-refractivity contribution in [2.75, 3.05) is 32.2 Å². The van der Waals surface area contributed by atoms with Crippen LogP contribution in [0.3, 0.4) is 0 Å². The Morgan fingerprint density at radius 1 is 1.32 bits per heavy atom. The molecule has 0 radical (unpaired) electrons. The van der Waals surface area contributed by atoms with E-state index in [0.29, 0.717) is 0 Å². The Kier molecular flexibility index (Phi) is 5.31. The summed E-state index contributed by atoms with van der Waals surface area (Å²) in [6, 6.07) is 0. The van der Waals surface area contributed by atoms with Crippen LogP contribution < -0.4 is 10.5 Å². The maximum Gasteiger partial charge on any atom is 0.325 e. The summed E-state index contributed by atoms with van der Waals surface area (Å²) in [4.78, 5) is 41.2. The lowest BCUT2D eigenvalue weighted by Crippen LogP contribution is -2.37. The van der Waals surface area contributed by atoms with Crippen molar-refractivity contribution in [2.45, 2.75) is 0 Å². The van der Waals surface area contributed by atoms with Crippen LogP contribution in [0.2, 0.25) is 5.02 Å². The highest BCUT2D eigenvalue weighted by Crippen LogP contribution is 2.18. The minimum absolute atomic E-state index is 0.00113. The molecule has 0 aromatic carbocycles. The average Bonchev–Trinajstić information content (AvgIpc) is 2.40. The van der Waals surface area contributed by atoms with Gasteiger partial charge in [0, 0.05) is 0 Å². The molecule has 0 aliphatic heterocycles. The van der Waals surface area contributed by atoms with E-state index in [1.165, 1.54) is 19.1 Å². The van der Waals surface area contributed by atoms with Gasteiger partial charge in [-0.1, -0.05) is 11.6 Å². The van der Waals surface area contributed by atoms with Crippen LogP contribution in [0.4, 0.5) is 5.82 Å². The van der Waals surface area contributed by atoms with Gasteiger partial charge in [0.05, 0.1) is 20.5 Å². The molecule has 0 atom stereocenters. The molecule has 9 heteroatoms. The number of halogens is 1. The standard InChI is InChI=1S/C10H12ClN3O5/c1-18-6(15)3-14(4-7(16)19-2)9-8(11)10(17)13-5-12-9/h5H,3-4H2,1-2H3,(H,12,13,17). The first-order valence-electron chi connectivity index (χ1n) is 5.11. The Balaban J connectivity index is 3.07. The summed E-state index contributed by atoms with van der Waals surface area (Å²) < 4.78 is 9.00. The molecule has 1 aromatic heterocycles. The number of anilines is 1. The number of nitrogens with zero attached hydrogens (tertiary/aromatic N) is 2. The number of rotatable bonds is 5. The first kappa shape index (κ1) is 15.0. The van der Waals surface area contributed by atoms with Crippen molar-refractivity contribution in [3.8, 4) is 0 Å². The van der Waals surface area contributed by atoms with Crippen LogP contribution >= 0.6 is 11.6 Å². The molecule has 0 unspecified atom stereocenters. The minimum atomic E-state index is -0.609. The number of esters is 2. The van der Waals surface area contributed by atoms with E-state index in [-0.39, 0.29) is 23.9 Å². The first-order chi connectivity index (χ1) is 8.99. The van der Waals surface area contributed by atoms with Crippen molar-refractivity contribution in [1.29, 1.82) is 0 Å². The van der Waals surface area contributed by atoms with Crippen molar-refractivity contribution in [3.05, 3.63) is 21.7 Å². The third kappa shape index (κ3) is 3.95. The highest BCUT2D eigenvalue weighted by molar-refractivity contribution is 6.32. The van der Waals surface area contributed by atoms with Crippen molar-refractivity contribution in [2.24, 2.45) is 0 Å². The fraction of sp³-hybridized carbons (Fsp3) is 0.400. The Hall–Kier alpha value is -2.09. The number of aromatic amines is 1. The zero-order valence-corrected chi connectivity index (χ0v) is 11.1. The average molecular weight is 290 g/mol. The highest BCUT2D eigenvalue weighted by Gasteiger charge is 2.20. The van der Waals surface area contributed by atoms with Crippen LogP contribution in [0.15, 0.2) is 11.1 Å². The molecule has 104 valence electrons. The molecule has 0 saturated carbocycles. The molecule has 1 N–H and O–H groups in total. The number of aromatic nitrogens is 2. The zero-order chi connectivity index (χ0) is 14.4. The molecule has 8 nitrogen and oxygen atoms in total. The van der Waals surface area contributed by atoms with E-state index in [4.69, 9.17) is 11.6 Å². The Morgan fingerprint density at radius 2 is 1.84 bits per heavy atom. The second kappa shape index (κ2) is 6.74. The molecular formula is C10H12ClN3O5. The monoisotopic (exact) mass is 289 g/mol. The summed E-state index contributed by atoms with van der Waals surface area (Å²) >= 11 is 5.79. The van der Waals surface area contributed by atoms with E-state index in [1.807, 2.05) is 0 Å². The van der Waals surface area contributed by atoms with Gasteiger partial charge in [0.15, 0.2) is 5.82 Å². The molecule has 1 rings (SSSR count). The van der Waals surface area contributed by atoms with Gasteiger partial charge in [-0.15, -0.1) is 0 Å². The summed E-state index contributed by atoms with van der Waals surface area (Å²) in [6.45, 7) is -0.580. The first-order valence-corrected chi connectivity index (χ1v) is 5.49. The van der Waals surface area contributed by atoms with E-state index in [2.05, 4.69) is 19.4 Å². The van der Waals surface area contributed by atoms with Gasteiger partial charge in [-0.05, 0) is 0 Å². The number of hydrogen-bond acceptors (Lipinski definition) is 7. The van der Waals surface area contributed by atoms with Crippen LogP contribution in [0, 0.1) is 0 Å². The molecule has 0 spiro atoms. The fourth-order valence-electron chi connectivity index (χ4n) is 1.24. The van der Waals surface area contributed by atoms with Crippen molar-refractivity contribution in [1.82, 2.24) is 9.97 Å². The van der Waals surface area contributed by atoms with E-state index in [9.17, 15) is 14.4 Å². The van der Waals surface area contributed by atoms with Gasteiger partial charge < -0.3 is 19.4 Å². The highest BCUT2D eigenvalue weighted by atomic mass is 35.5. The largest absolute Gasteiger partial charge is 0.468 e. The fourth-order valence-corrected chi connectivity index (χ4v) is 1.46. The second-order valence-electron chi connectivity index (χ2n) is 3.38. The Morgan fingerprint density at radius 3 is 2.32 bits per heavy atom. The molecule has 0 fully saturated rings. The van der Waals surface area contributed by atoms with Gasteiger partial charge in [-0.2, -0.15) is 0 Å². The van der Waals surface area contributed by atoms with Gasteiger partial charge in [-0.3, -0.25) is 14.4 Å². The number of carbonyl (C=O) groups excluding carboxylic acids is 2. The van der Waals surface area contributed by atoms with Gasteiger partial charge in [-0.25, -0.2) is 4.98 Å². The summed E-state index contributed by atoms with van der Waals surface area (Å²) in [5.74, 6) is -1.22. The number of H-pyrrole nitrogens is 1. The predicted octanol–water partition coefficient (Wildman–Crippen LogP) is -0.424. The molecule has 0 aliphatic carbocycles. The van der Waals surface area contributed by atoms with Gasteiger partial charge in [0.1, 0.15) is 18.1 Å². The second-order valence-corrected chi connectivity index (χ2v) is 3.76. The molecule has 0 aliphatic rings. The van der Waals surface area contributed by atoms with E-state index >= 15 is 0 Å². The normalized spacial score (nSPS) is 9.84. The third-order valence-corrected chi connectivity index (χ3v) is 2.51. The van der Waals surface area contributed by atoms with Crippen LogP contribution in [0.5, 0.6) is 0 Å². The van der Waals surface area contributed by atoms with Crippen LogP contribution in [0.25, 0.3) is 0 Å². The number of ether oxygens (including phenoxy) is 2. The summed E-state index contributed by atoms with van der Waals surface area (Å²) in [5, 5.41) is -0.227. The lowest BCUT2D eigenvalue weighted by molar-refractivity contribution is -0.140. The van der Waals surface area contributed by atoms with Gasteiger partial charge in [0.2, 0.25) is 0 Å². The molecule has 19 heavy (non-hydrogen) atoms. The summed E-state index contributed by atoms with van der Waals surface area (Å²) in [5.41, 5.74) is -0.577. The van der Waals surface area contributed by atoms with Crippen LogP contribution in [-0.2, 0) is 19.1 Å². The summed E-state index contributed by atoms with van der Waals surface area (Å²) in [6.07, 6.45) is 1.12. The van der Waals surface area contributed by atoms with Crippen LogP contribution in [0.1, 0.15) is 0 Å². The Labute approximate surface area is 113 Å². The Bertz CT molecular complexity index is 512. The van der Waals surface area contributed by atoms with Gasteiger partial charge in [0.25, 0.3) is 5.56 Å². The van der Waals surface area contributed by atoms with E-state index in [1.54, 1.807) is 0 Å². The number of carbonyl (C=O) groups is 2. The van der Waals surface area contributed by atoms with Gasteiger partial charge >= 0.3 is 11.9 Å². The zero-order valence-electron chi connectivity index (χ0n) is 10.3. The molecule has 0 amide bonds. The lowest BCUT2D eigenvalue weighted by Gasteiger charge is -2.21. The van der Waals surface area contributed by atoms with Crippen molar-refractivity contribution in [3.63, 3.8) is 0 Å². The quantitative estimate of drug-likeness (QED) is 0.734. The smallest absolute Gasteiger partial charge is 0.325 e. The minimum Gasteiger partial charge on any atom is -0.468 e. The topological polar surface area (TPSA) is 102 Å². The number of nitrogens with one attached hydrogen (secondary N) is 1. The maximum absolute atomic E-state index is 11.4. The lowest BCUT2D eigenvalue weighted by atomic mass is 10.4. The predicted molar refractivity (Wildman–Crippen MR) is 66.1 cm³/mol. The van der Waals surface area contributed by atoms with E-state index < -0.39 is 17.5 Å². The SMILES string of the molecule is COC(=O)CN(CC(=O)OC)c1nc[nH]c(=O)c1Cl. The molecule has 1 heterocycles. The number of hydrogen-bond donors (Lipinski definition) is 1. The molecule has 1 aromatic rings. The molecule has 0 bridgehead atoms. The maximum atomic E-state index is 11.4. The van der Waals surface area contributed by atoms with Crippen LogP contribution in [-0.4, -0.2) is 49.2 Å². The molecular weight excluding hydrogens is 278 g/mol. The summed E-state index contributed by atoms with van der Waals surface area (Å²) in [7, 11) is 2.40. The van der Waals surface area contributed by atoms with Crippen molar-refractivity contribution >= 4 is 29.4 Å². The van der Waals surface area contributed by atoms with Crippen molar-refractivity contribution < 1.29 is 19.1 Å². The van der Waals surface area contributed by atoms with E-state index in [0.717, 1.165) is 6.33 Å². The number of methoxy groups -OCH3 is 2. The third-order valence-electron chi connectivity index (χ3n) is 2.17.